The fourth-order valence-corrected chi connectivity index (χ4v) is 4.02. The second-order valence-electron chi connectivity index (χ2n) is 8.06. The van der Waals surface area contributed by atoms with Crippen molar-refractivity contribution >= 4 is 23.1 Å². The third-order valence-electron chi connectivity index (χ3n) is 5.65. The SMILES string of the molecule is CCCOc1ccccc1N1C(=O)C(c2ccc(OC)cc2)=C(N(C)Cc2ccccc2)C1=O. The summed E-state index contributed by atoms with van der Waals surface area (Å²) in [6.07, 6.45) is 0.816. The summed E-state index contributed by atoms with van der Waals surface area (Å²) in [5, 5.41) is 0. The molecule has 2 amide bonds. The number of methoxy groups -OCH3 is 1. The van der Waals surface area contributed by atoms with Crippen LogP contribution in [0, 0.1) is 0 Å². The molecule has 0 saturated carbocycles. The van der Waals surface area contributed by atoms with Gasteiger partial charge in [-0.25, -0.2) is 4.90 Å². The molecule has 0 fully saturated rings. The van der Waals surface area contributed by atoms with Gasteiger partial charge in [-0.05, 0) is 41.8 Å². The smallest absolute Gasteiger partial charge is 0.282 e. The molecule has 0 radical (unpaired) electrons. The van der Waals surface area contributed by atoms with Gasteiger partial charge in [-0.15, -0.1) is 0 Å². The summed E-state index contributed by atoms with van der Waals surface area (Å²) in [7, 11) is 3.42. The van der Waals surface area contributed by atoms with Crippen LogP contribution in [-0.2, 0) is 16.1 Å². The Kier molecular flexibility index (Phi) is 6.97. The second-order valence-corrected chi connectivity index (χ2v) is 8.06. The fraction of sp³-hybridized carbons (Fsp3) is 0.214. The van der Waals surface area contributed by atoms with E-state index >= 15 is 0 Å². The van der Waals surface area contributed by atoms with Crippen LogP contribution < -0.4 is 14.4 Å². The highest BCUT2D eigenvalue weighted by atomic mass is 16.5. The molecule has 174 valence electrons. The standard InChI is InChI=1S/C28H28N2O4/c1-4-18-34-24-13-9-8-12-23(24)30-27(31)25(21-14-16-22(33-3)17-15-21)26(28(30)32)29(2)19-20-10-6-5-7-11-20/h5-17H,4,18-19H2,1-3H3. The number of hydrogen-bond acceptors (Lipinski definition) is 5. The summed E-state index contributed by atoms with van der Waals surface area (Å²) in [6, 6.07) is 24.2. The van der Waals surface area contributed by atoms with Crippen molar-refractivity contribution in [3.63, 3.8) is 0 Å². The van der Waals surface area contributed by atoms with Crippen molar-refractivity contribution in [1.82, 2.24) is 4.90 Å². The number of ether oxygens (including phenoxy) is 2. The Bertz CT molecular complexity index is 1200. The van der Waals surface area contributed by atoms with Crippen LogP contribution in [-0.4, -0.2) is 37.5 Å². The monoisotopic (exact) mass is 456 g/mol. The van der Waals surface area contributed by atoms with Crippen LogP contribution in [0.1, 0.15) is 24.5 Å². The highest BCUT2D eigenvalue weighted by Gasteiger charge is 2.42. The quantitative estimate of drug-likeness (QED) is 0.429. The van der Waals surface area contributed by atoms with Crippen LogP contribution in [0.25, 0.3) is 5.57 Å². The van der Waals surface area contributed by atoms with E-state index in [1.54, 1.807) is 49.6 Å². The topological polar surface area (TPSA) is 59.1 Å². The maximum Gasteiger partial charge on any atom is 0.282 e. The summed E-state index contributed by atoms with van der Waals surface area (Å²) < 4.78 is 11.1. The zero-order chi connectivity index (χ0) is 24.1. The molecule has 0 bridgehead atoms. The van der Waals surface area contributed by atoms with E-state index in [1.165, 1.54) is 4.90 Å². The minimum Gasteiger partial charge on any atom is -0.497 e. The van der Waals surface area contributed by atoms with Gasteiger partial charge in [0.15, 0.2) is 0 Å². The van der Waals surface area contributed by atoms with Gasteiger partial charge in [0.05, 0.1) is 25.0 Å². The van der Waals surface area contributed by atoms with Gasteiger partial charge in [-0.2, -0.15) is 0 Å². The van der Waals surface area contributed by atoms with Gasteiger partial charge < -0.3 is 14.4 Å². The fourth-order valence-electron chi connectivity index (χ4n) is 4.02. The van der Waals surface area contributed by atoms with Gasteiger partial charge in [0.1, 0.15) is 17.2 Å². The number of likely N-dealkylation sites (N-methyl/N-ethyl adjacent to an activating group) is 1. The van der Waals surface area contributed by atoms with E-state index in [9.17, 15) is 9.59 Å². The number of carbonyl (C=O) groups is 2. The van der Waals surface area contributed by atoms with Crippen molar-refractivity contribution in [3.05, 3.63) is 95.7 Å². The predicted octanol–water partition coefficient (Wildman–Crippen LogP) is 4.90. The summed E-state index contributed by atoms with van der Waals surface area (Å²) >= 11 is 0. The lowest BCUT2D eigenvalue weighted by atomic mass is 10.0. The molecule has 0 spiro atoms. The van der Waals surface area contributed by atoms with Crippen LogP contribution in [0.15, 0.2) is 84.6 Å². The molecular formula is C28H28N2O4. The van der Waals surface area contributed by atoms with E-state index in [-0.39, 0.29) is 11.8 Å². The van der Waals surface area contributed by atoms with Gasteiger partial charge in [0.2, 0.25) is 0 Å². The number of rotatable bonds is 9. The zero-order valence-electron chi connectivity index (χ0n) is 19.7. The molecule has 1 aliphatic rings. The summed E-state index contributed by atoms with van der Waals surface area (Å²) in [5.74, 6) is 0.432. The highest BCUT2D eigenvalue weighted by Crippen LogP contribution is 2.39. The summed E-state index contributed by atoms with van der Waals surface area (Å²) in [6.45, 7) is 2.98. The molecule has 4 rings (SSSR count). The van der Waals surface area contributed by atoms with Gasteiger partial charge in [-0.3, -0.25) is 9.59 Å². The highest BCUT2D eigenvalue weighted by molar-refractivity contribution is 6.45. The Hall–Kier alpha value is -4.06. The molecule has 0 aromatic heterocycles. The number of anilines is 1. The Morgan fingerprint density at radius 3 is 2.21 bits per heavy atom. The molecule has 0 saturated heterocycles. The number of benzene rings is 3. The van der Waals surface area contributed by atoms with E-state index < -0.39 is 0 Å². The van der Waals surface area contributed by atoms with Gasteiger partial charge in [0.25, 0.3) is 11.8 Å². The van der Waals surface area contributed by atoms with Crippen molar-refractivity contribution in [2.75, 3.05) is 25.7 Å². The molecule has 1 heterocycles. The number of imide groups is 1. The number of carbonyl (C=O) groups excluding carboxylic acids is 2. The zero-order valence-corrected chi connectivity index (χ0v) is 19.7. The van der Waals surface area contributed by atoms with Crippen LogP contribution >= 0.6 is 0 Å². The molecule has 6 nitrogen and oxygen atoms in total. The maximum atomic E-state index is 13.8. The first kappa shape index (κ1) is 23.1. The first-order chi connectivity index (χ1) is 16.5. The molecule has 0 aliphatic carbocycles. The lowest BCUT2D eigenvalue weighted by Gasteiger charge is -2.22. The van der Waals surface area contributed by atoms with Crippen LogP contribution in [0.3, 0.4) is 0 Å². The number of nitrogens with zero attached hydrogens (tertiary/aromatic N) is 2. The molecule has 0 unspecified atom stereocenters. The van der Waals surface area contributed by atoms with E-state index in [4.69, 9.17) is 9.47 Å². The summed E-state index contributed by atoms with van der Waals surface area (Å²) in [5.41, 5.74) is 2.85. The van der Waals surface area contributed by atoms with E-state index in [0.717, 1.165) is 12.0 Å². The Labute approximate surface area is 200 Å². The van der Waals surface area contributed by atoms with E-state index in [0.29, 0.717) is 47.2 Å². The molecule has 34 heavy (non-hydrogen) atoms. The maximum absolute atomic E-state index is 13.8. The minimum absolute atomic E-state index is 0.351. The predicted molar refractivity (Wildman–Crippen MR) is 133 cm³/mol. The second kappa shape index (κ2) is 10.3. The third-order valence-corrected chi connectivity index (χ3v) is 5.65. The van der Waals surface area contributed by atoms with Crippen LogP contribution in [0.2, 0.25) is 0 Å². The molecule has 3 aromatic carbocycles. The lowest BCUT2D eigenvalue weighted by Crippen LogP contribution is -2.34. The minimum atomic E-state index is -0.377. The normalized spacial score (nSPS) is 13.4. The number of para-hydroxylation sites is 2. The van der Waals surface area contributed by atoms with Crippen molar-refractivity contribution < 1.29 is 19.1 Å². The molecule has 0 N–H and O–H groups in total. The molecule has 0 atom stereocenters. The molecule has 1 aliphatic heterocycles. The third kappa shape index (κ3) is 4.53. The van der Waals surface area contributed by atoms with Crippen molar-refractivity contribution in [1.29, 1.82) is 0 Å². The largest absolute Gasteiger partial charge is 0.497 e. The summed E-state index contributed by atoms with van der Waals surface area (Å²) in [4.78, 5) is 30.7. The van der Waals surface area contributed by atoms with Gasteiger partial charge in [-0.1, -0.05) is 61.5 Å². The number of hydrogen-bond donors (Lipinski definition) is 0. The lowest BCUT2D eigenvalue weighted by molar-refractivity contribution is -0.120. The first-order valence-electron chi connectivity index (χ1n) is 11.3. The Morgan fingerprint density at radius 2 is 1.53 bits per heavy atom. The average molecular weight is 457 g/mol. The molecular weight excluding hydrogens is 428 g/mol. The number of amides is 2. The van der Waals surface area contributed by atoms with Crippen molar-refractivity contribution in [2.45, 2.75) is 19.9 Å². The molecule has 3 aromatic rings. The Morgan fingerprint density at radius 1 is 0.853 bits per heavy atom. The van der Waals surface area contributed by atoms with E-state index in [1.807, 2.05) is 55.3 Å². The molecule has 6 heteroatoms. The van der Waals surface area contributed by atoms with Gasteiger partial charge in [0, 0.05) is 13.6 Å². The van der Waals surface area contributed by atoms with Crippen LogP contribution in [0.5, 0.6) is 11.5 Å². The average Bonchev–Trinajstić information content (AvgIpc) is 3.13. The van der Waals surface area contributed by atoms with Crippen molar-refractivity contribution in [3.8, 4) is 11.5 Å². The first-order valence-corrected chi connectivity index (χ1v) is 11.3. The van der Waals surface area contributed by atoms with Gasteiger partial charge >= 0.3 is 0 Å². The van der Waals surface area contributed by atoms with Crippen LogP contribution in [0.4, 0.5) is 5.69 Å². The Balaban J connectivity index is 1.79. The van der Waals surface area contributed by atoms with E-state index in [2.05, 4.69) is 0 Å². The van der Waals surface area contributed by atoms with Crippen molar-refractivity contribution in [2.24, 2.45) is 0 Å².